The molecule has 1 aliphatic rings. The molecule has 3 nitrogen and oxygen atoms in total. The van der Waals surface area contributed by atoms with E-state index in [9.17, 15) is 0 Å². The van der Waals surface area contributed by atoms with Crippen molar-refractivity contribution in [1.82, 2.24) is 0 Å². The first-order valence-electron chi connectivity index (χ1n) is 6.92. The SMILES string of the molecule is CCC1CCC(Nc2cc(N)cc(OC)c2)CC1. The first-order valence-corrected chi connectivity index (χ1v) is 6.92. The number of hydrogen-bond acceptors (Lipinski definition) is 3. The van der Waals surface area contributed by atoms with Crippen LogP contribution < -0.4 is 15.8 Å². The molecule has 3 N–H and O–H groups in total. The van der Waals surface area contributed by atoms with Crippen LogP contribution in [0.5, 0.6) is 5.75 Å². The molecule has 1 aromatic rings. The molecule has 0 aromatic heterocycles. The summed E-state index contributed by atoms with van der Waals surface area (Å²) < 4.78 is 5.24. The second-order valence-electron chi connectivity index (χ2n) is 5.27. The molecule has 1 aromatic carbocycles. The largest absolute Gasteiger partial charge is 0.497 e. The Labute approximate surface area is 110 Å². The van der Waals surface area contributed by atoms with Crippen LogP contribution in [-0.2, 0) is 0 Å². The molecule has 0 bridgehead atoms. The molecule has 0 heterocycles. The minimum atomic E-state index is 0.583. The zero-order valence-corrected chi connectivity index (χ0v) is 11.4. The van der Waals surface area contributed by atoms with Crippen molar-refractivity contribution in [2.45, 2.75) is 45.1 Å². The van der Waals surface area contributed by atoms with Gasteiger partial charge in [0.05, 0.1) is 7.11 Å². The van der Waals surface area contributed by atoms with E-state index in [1.165, 1.54) is 32.1 Å². The fourth-order valence-electron chi connectivity index (χ4n) is 2.77. The lowest BCUT2D eigenvalue weighted by Gasteiger charge is -2.29. The van der Waals surface area contributed by atoms with Crippen LogP contribution in [0.3, 0.4) is 0 Å². The Morgan fingerprint density at radius 3 is 2.56 bits per heavy atom. The first-order chi connectivity index (χ1) is 8.71. The van der Waals surface area contributed by atoms with Crippen LogP contribution in [0.4, 0.5) is 11.4 Å². The van der Waals surface area contributed by atoms with Crippen LogP contribution in [-0.4, -0.2) is 13.2 Å². The maximum absolute atomic E-state index is 5.86. The third-order valence-corrected chi connectivity index (χ3v) is 3.96. The lowest BCUT2D eigenvalue weighted by atomic mass is 9.84. The molecule has 1 fully saturated rings. The molecule has 0 saturated heterocycles. The van der Waals surface area contributed by atoms with Gasteiger partial charge in [0.25, 0.3) is 0 Å². The summed E-state index contributed by atoms with van der Waals surface area (Å²) in [5.41, 5.74) is 7.69. The highest BCUT2D eigenvalue weighted by Crippen LogP contribution is 2.30. The molecule has 100 valence electrons. The van der Waals surface area contributed by atoms with Crippen molar-refractivity contribution in [1.29, 1.82) is 0 Å². The Morgan fingerprint density at radius 1 is 1.22 bits per heavy atom. The van der Waals surface area contributed by atoms with E-state index < -0.39 is 0 Å². The number of rotatable bonds is 4. The van der Waals surface area contributed by atoms with Gasteiger partial charge < -0.3 is 15.8 Å². The van der Waals surface area contributed by atoms with Crippen LogP contribution in [0.1, 0.15) is 39.0 Å². The van der Waals surface area contributed by atoms with Gasteiger partial charge in [0.1, 0.15) is 5.75 Å². The van der Waals surface area contributed by atoms with E-state index >= 15 is 0 Å². The Kier molecular flexibility index (Phi) is 4.34. The van der Waals surface area contributed by atoms with Crippen LogP contribution in [0.25, 0.3) is 0 Å². The number of nitrogens with two attached hydrogens (primary N) is 1. The van der Waals surface area contributed by atoms with Crippen molar-refractivity contribution in [3.8, 4) is 5.75 Å². The quantitative estimate of drug-likeness (QED) is 0.799. The summed E-state index contributed by atoms with van der Waals surface area (Å²) in [6, 6.07) is 6.43. The number of benzene rings is 1. The highest BCUT2D eigenvalue weighted by atomic mass is 16.5. The maximum atomic E-state index is 5.86. The second-order valence-corrected chi connectivity index (χ2v) is 5.27. The molecule has 1 saturated carbocycles. The lowest BCUT2D eigenvalue weighted by Crippen LogP contribution is -2.25. The summed E-state index contributed by atoms with van der Waals surface area (Å²) in [5.74, 6) is 1.75. The normalized spacial score (nSPS) is 23.7. The Bertz CT molecular complexity index is 384. The van der Waals surface area contributed by atoms with Crippen molar-refractivity contribution in [2.24, 2.45) is 5.92 Å². The third-order valence-electron chi connectivity index (χ3n) is 3.96. The minimum absolute atomic E-state index is 0.583. The van der Waals surface area contributed by atoms with E-state index in [-0.39, 0.29) is 0 Å². The van der Waals surface area contributed by atoms with E-state index in [2.05, 4.69) is 12.2 Å². The molecule has 2 rings (SSSR count). The lowest BCUT2D eigenvalue weighted by molar-refractivity contribution is 0.330. The maximum Gasteiger partial charge on any atom is 0.122 e. The molecular weight excluding hydrogens is 224 g/mol. The zero-order chi connectivity index (χ0) is 13.0. The van der Waals surface area contributed by atoms with Gasteiger partial charge in [-0.05, 0) is 37.7 Å². The highest BCUT2D eigenvalue weighted by molar-refractivity contribution is 5.59. The first kappa shape index (κ1) is 13.1. The number of methoxy groups -OCH3 is 1. The Balaban J connectivity index is 1.95. The number of hydrogen-bond donors (Lipinski definition) is 2. The molecular formula is C15H24N2O. The van der Waals surface area contributed by atoms with Gasteiger partial charge in [0, 0.05) is 29.5 Å². The molecule has 1 aliphatic carbocycles. The summed E-state index contributed by atoms with van der Waals surface area (Å²) in [6.07, 6.45) is 6.52. The predicted octanol–water partition coefficient (Wildman–Crippen LogP) is 3.66. The van der Waals surface area contributed by atoms with Crippen molar-refractivity contribution < 1.29 is 4.74 Å². The van der Waals surface area contributed by atoms with E-state index in [1.54, 1.807) is 7.11 Å². The molecule has 18 heavy (non-hydrogen) atoms. The van der Waals surface area contributed by atoms with Gasteiger partial charge in [0.2, 0.25) is 0 Å². The minimum Gasteiger partial charge on any atom is -0.497 e. The molecule has 3 heteroatoms. The van der Waals surface area contributed by atoms with Crippen molar-refractivity contribution in [2.75, 3.05) is 18.2 Å². The van der Waals surface area contributed by atoms with Crippen molar-refractivity contribution >= 4 is 11.4 Å². The Hall–Kier alpha value is -1.38. The van der Waals surface area contributed by atoms with Gasteiger partial charge >= 0.3 is 0 Å². The smallest absolute Gasteiger partial charge is 0.122 e. The number of ether oxygens (including phenoxy) is 1. The highest BCUT2D eigenvalue weighted by Gasteiger charge is 2.19. The van der Waals surface area contributed by atoms with Gasteiger partial charge in [-0.3, -0.25) is 0 Å². The number of anilines is 2. The van der Waals surface area contributed by atoms with Gasteiger partial charge in [-0.25, -0.2) is 0 Å². The van der Waals surface area contributed by atoms with E-state index in [0.29, 0.717) is 6.04 Å². The van der Waals surface area contributed by atoms with Gasteiger partial charge in [-0.2, -0.15) is 0 Å². The van der Waals surface area contributed by atoms with Crippen LogP contribution in [0.2, 0.25) is 0 Å². The average Bonchev–Trinajstić information content (AvgIpc) is 2.39. The molecule has 0 aliphatic heterocycles. The van der Waals surface area contributed by atoms with Gasteiger partial charge in [-0.15, -0.1) is 0 Å². The van der Waals surface area contributed by atoms with E-state index in [0.717, 1.165) is 23.0 Å². The summed E-state index contributed by atoms with van der Waals surface area (Å²) >= 11 is 0. The Morgan fingerprint density at radius 2 is 1.94 bits per heavy atom. The van der Waals surface area contributed by atoms with Crippen molar-refractivity contribution in [3.63, 3.8) is 0 Å². The van der Waals surface area contributed by atoms with Gasteiger partial charge in [-0.1, -0.05) is 13.3 Å². The average molecular weight is 248 g/mol. The number of nitrogens with one attached hydrogen (secondary N) is 1. The second kappa shape index (κ2) is 5.98. The fraction of sp³-hybridized carbons (Fsp3) is 0.600. The van der Waals surface area contributed by atoms with E-state index in [1.807, 2.05) is 18.2 Å². The monoisotopic (exact) mass is 248 g/mol. The molecule has 0 spiro atoms. The van der Waals surface area contributed by atoms with Crippen molar-refractivity contribution in [3.05, 3.63) is 18.2 Å². The van der Waals surface area contributed by atoms with Gasteiger partial charge in [0.15, 0.2) is 0 Å². The third kappa shape index (κ3) is 3.31. The summed E-state index contributed by atoms with van der Waals surface area (Å²) in [6.45, 7) is 2.29. The molecule has 0 unspecified atom stereocenters. The van der Waals surface area contributed by atoms with Crippen LogP contribution in [0.15, 0.2) is 18.2 Å². The summed E-state index contributed by atoms with van der Waals surface area (Å²) in [4.78, 5) is 0. The summed E-state index contributed by atoms with van der Waals surface area (Å²) in [7, 11) is 1.67. The molecule has 0 atom stereocenters. The van der Waals surface area contributed by atoms with Crippen LogP contribution >= 0.6 is 0 Å². The summed E-state index contributed by atoms with van der Waals surface area (Å²) in [5, 5.41) is 3.58. The standard InChI is InChI=1S/C15H24N2O/c1-3-11-4-6-13(7-5-11)17-14-8-12(16)9-15(10-14)18-2/h8-11,13,17H,3-7,16H2,1-2H3. The molecule has 0 radical (unpaired) electrons. The topological polar surface area (TPSA) is 47.3 Å². The predicted molar refractivity (Wildman–Crippen MR) is 77.1 cm³/mol. The number of nitrogen functional groups attached to an aromatic ring is 1. The van der Waals surface area contributed by atoms with E-state index in [4.69, 9.17) is 10.5 Å². The molecule has 0 amide bonds. The van der Waals surface area contributed by atoms with Crippen LogP contribution in [0, 0.1) is 5.92 Å². The zero-order valence-electron chi connectivity index (χ0n) is 11.4. The fourth-order valence-corrected chi connectivity index (χ4v) is 2.77.